The molecule has 3 aromatic rings. The lowest BCUT2D eigenvalue weighted by molar-refractivity contribution is 0.122. The number of fused-ring (bicyclic) bond motifs is 1. The zero-order chi connectivity index (χ0) is 20.9. The van der Waals surface area contributed by atoms with Gasteiger partial charge in [0.25, 0.3) is 0 Å². The largest absolute Gasteiger partial charge is 0.378 e. The number of rotatable bonds is 6. The molecule has 31 heavy (non-hydrogen) atoms. The van der Waals surface area contributed by atoms with Crippen LogP contribution < -0.4 is 20.4 Å². The maximum absolute atomic E-state index is 5.55. The predicted molar refractivity (Wildman–Crippen MR) is 122 cm³/mol. The van der Waals surface area contributed by atoms with E-state index in [1.165, 1.54) is 5.56 Å². The van der Waals surface area contributed by atoms with Crippen molar-refractivity contribution in [3.05, 3.63) is 42.2 Å². The van der Waals surface area contributed by atoms with Gasteiger partial charge in [0.15, 0.2) is 11.6 Å². The number of nitrogens with zero attached hydrogens (tertiary/aromatic N) is 6. The van der Waals surface area contributed by atoms with Crippen LogP contribution in [0.15, 0.2) is 36.7 Å². The van der Waals surface area contributed by atoms with Crippen LogP contribution in [0.4, 0.5) is 17.6 Å². The summed E-state index contributed by atoms with van der Waals surface area (Å²) in [5.41, 5.74) is 2.86. The van der Waals surface area contributed by atoms with Gasteiger partial charge in [-0.3, -0.25) is 0 Å². The Labute approximate surface area is 181 Å². The average molecular weight is 421 g/mol. The Hall–Kier alpha value is -3.04. The fourth-order valence-corrected chi connectivity index (χ4v) is 4.02. The molecule has 2 aliphatic rings. The van der Waals surface area contributed by atoms with Gasteiger partial charge in [0.2, 0.25) is 5.95 Å². The van der Waals surface area contributed by atoms with Gasteiger partial charge in [0.1, 0.15) is 17.4 Å². The molecule has 9 heteroatoms. The van der Waals surface area contributed by atoms with Gasteiger partial charge in [0.05, 0.1) is 13.2 Å². The van der Waals surface area contributed by atoms with E-state index in [-0.39, 0.29) is 0 Å². The first-order valence-corrected chi connectivity index (χ1v) is 11.0. The van der Waals surface area contributed by atoms with Gasteiger partial charge in [0, 0.05) is 45.8 Å². The molecule has 0 saturated carbocycles. The minimum atomic E-state index is 0.696. The summed E-state index contributed by atoms with van der Waals surface area (Å²) >= 11 is 0. The highest BCUT2D eigenvalue weighted by molar-refractivity contribution is 5.93. The molecule has 0 atom stereocenters. The third-order valence-electron chi connectivity index (χ3n) is 5.71. The number of hydrogen-bond donors (Lipinski definition) is 2. The van der Waals surface area contributed by atoms with Crippen molar-refractivity contribution in [2.24, 2.45) is 0 Å². The molecule has 2 fully saturated rings. The van der Waals surface area contributed by atoms with Gasteiger partial charge in [-0.1, -0.05) is 30.3 Å². The summed E-state index contributed by atoms with van der Waals surface area (Å²) < 4.78 is 5.55. The van der Waals surface area contributed by atoms with E-state index in [9.17, 15) is 0 Å². The molecule has 4 heterocycles. The second-order valence-corrected chi connectivity index (χ2v) is 7.77. The Morgan fingerprint density at radius 1 is 0.903 bits per heavy atom. The van der Waals surface area contributed by atoms with Crippen molar-refractivity contribution in [3.8, 4) is 0 Å². The topological polar surface area (TPSA) is 91.3 Å². The van der Waals surface area contributed by atoms with E-state index in [1.54, 1.807) is 6.33 Å². The van der Waals surface area contributed by atoms with Crippen molar-refractivity contribution in [1.29, 1.82) is 0 Å². The van der Waals surface area contributed by atoms with Crippen molar-refractivity contribution in [2.45, 2.75) is 6.42 Å². The van der Waals surface area contributed by atoms with Crippen LogP contribution >= 0.6 is 0 Å². The van der Waals surface area contributed by atoms with Crippen molar-refractivity contribution >= 4 is 28.6 Å². The van der Waals surface area contributed by atoms with Crippen LogP contribution in [-0.2, 0) is 11.2 Å². The molecule has 2 N–H and O–H groups in total. The maximum Gasteiger partial charge on any atom is 0.228 e. The zero-order valence-corrected chi connectivity index (χ0v) is 17.6. The third kappa shape index (κ3) is 4.52. The van der Waals surface area contributed by atoms with Crippen molar-refractivity contribution < 1.29 is 4.74 Å². The van der Waals surface area contributed by atoms with Gasteiger partial charge in [-0.15, -0.1) is 0 Å². The molecule has 0 spiro atoms. The minimum Gasteiger partial charge on any atom is -0.378 e. The van der Waals surface area contributed by atoms with Crippen molar-refractivity contribution in [1.82, 2.24) is 25.3 Å². The lowest BCUT2D eigenvalue weighted by atomic mass is 10.1. The first-order valence-electron chi connectivity index (χ1n) is 11.0. The van der Waals surface area contributed by atoms with E-state index in [1.807, 2.05) is 6.07 Å². The average Bonchev–Trinajstić information content (AvgIpc) is 2.85. The summed E-state index contributed by atoms with van der Waals surface area (Å²) in [7, 11) is 0. The molecule has 0 radical (unpaired) electrons. The first kappa shape index (κ1) is 19.9. The Morgan fingerprint density at radius 3 is 2.52 bits per heavy atom. The second kappa shape index (κ2) is 9.40. The molecule has 0 bridgehead atoms. The van der Waals surface area contributed by atoms with Gasteiger partial charge in [-0.25, -0.2) is 15.0 Å². The smallest absolute Gasteiger partial charge is 0.228 e. The van der Waals surface area contributed by atoms with Crippen LogP contribution in [0.1, 0.15) is 5.56 Å². The molecule has 5 rings (SSSR count). The normalized spacial score (nSPS) is 17.2. The SMILES string of the molecule is c1ccc(CCNc2ncnc3c(N4CCOCC4)nc(N4CCNCC4)nc23)cc1. The summed E-state index contributed by atoms with van der Waals surface area (Å²) in [6, 6.07) is 10.5. The summed E-state index contributed by atoms with van der Waals surface area (Å²) in [6.07, 6.45) is 2.52. The molecule has 0 aliphatic carbocycles. The molecular formula is C22H28N8O. The molecule has 0 amide bonds. The monoisotopic (exact) mass is 420 g/mol. The third-order valence-corrected chi connectivity index (χ3v) is 5.71. The quantitative estimate of drug-likeness (QED) is 0.613. The van der Waals surface area contributed by atoms with Crippen LogP contribution in [0, 0.1) is 0 Å². The van der Waals surface area contributed by atoms with Crippen LogP contribution in [0.25, 0.3) is 11.0 Å². The number of nitrogens with one attached hydrogen (secondary N) is 2. The van der Waals surface area contributed by atoms with E-state index < -0.39 is 0 Å². The van der Waals surface area contributed by atoms with E-state index in [2.05, 4.69) is 54.7 Å². The van der Waals surface area contributed by atoms with E-state index in [0.29, 0.717) is 13.2 Å². The van der Waals surface area contributed by atoms with Crippen LogP contribution in [0.2, 0.25) is 0 Å². The minimum absolute atomic E-state index is 0.696. The summed E-state index contributed by atoms with van der Waals surface area (Å²) in [5, 5.41) is 6.87. The van der Waals surface area contributed by atoms with Crippen LogP contribution in [0.5, 0.6) is 0 Å². The molecule has 0 unspecified atom stereocenters. The highest BCUT2D eigenvalue weighted by Gasteiger charge is 2.23. The highest BCUT2D eigenvalue weighted by Crippen LogP contribution is 2.29. The van der Waals surface area contributed by atoms with Crippen LogP contribution in [-0.4, -0.2) is 79.0 Å². The van der Waals surface area contributed by atoms with Crippen molar-refractivity contribution in [2.75, 3.05) is 74.1 Å². The van der Waals surface area contributed by atoms with E-state index >= 15 is 0 Å². The molecule has 9 nitrogen and oxygen atoms in total. The zero-order valence-electron chi connectivity index (χ0n) is 17.6. The lowest BCUT2D eigenvalue weighted by Gasteiger charge is -2.31. The predicted octanol–water partition coefficient (Wildman–Crippen LogP) is 1.32. The number of benzene rings is 1. The summed E-state index contributed by atoms with van der Waals surface area (Å²) in [5.74, 6) is 2.38. The van der Waals surface area contributed by atoms with Gasteiger partial charge >= 0.3 is 0 Å². The fourth-order valence-electron chi connectivity index (χ4n) is 4.02. The highest BCUT2D eigenvalue weighted by atomic mass is 16.5. The Bertz CT molecular complexity index is 1000. The Kier molecular flexibility index (Phi) is 6.03. The Balaban J connectivity index is 1.48. The van der Waals surface area contributed by atoms with Gasteiger partial charge in [-0.2, -0.15) is 4.98 Å². The van der Waals surface area contributed by atoms with Gasteiger partial charge < -0.3 is 25.2 Å². The number of anilines is 3. The molecular weight excluding hydrogens is 392 g/mol. The molecule has 162 valence electrons. The molecule has 1 aromatic carbocycles. The fraction of sp³-hybridized carbons (Fsp3) is 0.455. The standard InChI is InChI=1S/C22H28N8O/c1-2-4-17(5-3-1)6-7-24-20-18-19(25-16-26-20)21(29-12-14-31-15-13-29)28-22(27-18)30-10-8-23-9-11-30/h1-5,16,23H,6-15H2,(H,24,25,26). The molecule has 2 saturated heterocycles. The number of aromatic nitrogens is 4. The first-order chi connectivity index (χ1) is 15.4. The summed E-state index contributed by atoms with van der Waals surface area (Å²) in [6.45, 7) is 7.40. The maximum atomic E-state index is 5.55. The lowest BCUT2D eigenvalue weighted by Crippen LogP contribution is -2.44. The summed E-state index contributed by atoms with van der Waals surface area (Å²) in [4.78, 5) is 23.5. The number of hydrogen-bond acceptors (Lipinski definition) is 9. The number of ether oxygens (including phenoxy) is 1. The van der Waals surface area contributed by atoms with Gasteiger partial charge in [-0.05, 0) is 12.0 Å². The molecule has 2 aromatic heterocycles. The van der Waals surface area contributed by atoms with E-state index in [4.69, 9.17) is 14.7 Å². The Morgan fingerprint density at radius 2 is 1.71 bits per heavy atom. The molecule has 2 aliphatic heterocycles. The second-order valence-electron chi connectivity index (χ2n) is 7.77. The van der Waals surface area contributed by atoms with E-state index in [0.717, 1.165) is 80.9 Å². The van der Waals surface area contributed by atoms with Crippen LogP contribution in [0.3, 0.4) is 0 Å². The van der Waals surface area contributed by atoms with Crippen molar-refractivity contribution in [3.63, 3.8) is 0 Å². The number of morpholine rings is 1. The number of piperazine rings is 1.